The number of nitrogen functional groups attached to an aromatic ring is 1. The minimum atomic E-state index is -0.466. The van der Waals surface area contributed by atoms with Crippen molar-refractivity contribution < 1.29 is 13.9 Å². The Morgan fingerprint density at radius 1 is 1.56 bits per heavy atom. The zero-order valence-electron chi connectivity index (χ0n) is 9.62. The molecule has 0 aliphatic carbocycles. The number of esters is 1. The normalized spacial score (nSPS) is 10.3. The zero-order valence-corrected chi connectivity index (χ0v) is 10.4. The van der Waals surface area contributed by atoms with Gasteiger partial charge in [0.1, 0.15) is 11.3 Å². The fourth-order valence-electron chi connectivity index (χ4n) is 1.24. The number of oxazole rings is 1. The molecule has 2 heterocycles. The molecule has 0 unspecified atom stereocenters. The van der Waals surface area contributed by atoms with Crippen molar-refractivity contribution in [1.29, 1.82) is 0 Å². The van der Waals surface area contributed by atoms with E-state index in [1.54, 1.807) is 13.0 Å². The number of hydrogen-bond donors (Lipinski definition) is 1. The smallest absolute Gasteiger partial charge is 0.340 e. The fraction of sp³-hybridized carbons (Fsp3) is 0.182. The van der Waals surface area contributed by atoms with Crippen LogP contribution < -0.4 is 5.73 Å². The average Bonchev–Trinajstić information content (AvgIpc) is 2.84. The van der Waals surface area contributed by atoms with Gasteiger partial charge in [0.25, 0.3) is 5.22 Å². The average molecular weight is 265 g/mol. The molecule has 0 bridgehead atoms. The molecule has 2 N–H and O–H groups in total. The van der Waals surface area contributed by atoms with Crippen LogP contribution in [0, 0.1) is 0 Å². The molecule has 0 fully saturated rings. The van der Waals surface area contributed by atoms with Crippen LogP contribution in [0.4, 0.5) is 5.69 Å². The van der Waals surface area contributed by atoms with E-state index in [9.17, 15) is 4.79 Å². The number of aromatic nitrogens is 2. The molecule has 0 aliphatic heterocycles. The second-order valence-electron chi connectivity index (χ2n) is 3.23. The maximum absolute atomic E-state index is 11.6. The van der Waals surface area contributed by atoms with Gasteiger partial charge < -0.3 is 14.9 Å². The van der Waals surface area contributed by atoms with E-state index in [0.717, 1.165) is 0 Å². The molecule has 2 aromatic rings. The molecule has 2 aromatic heterocycles. The molecule has 0 saturated heterocycles. The summed E-state index contributed by atoms with van der Waals surface area (Å²) in [4.78, 5) is 19.7. The first kappa shape index (κ1) is 12.4. The second-order valence-corrected chi connectivity index (χ2v) is 4.20. The van der Waals surface area contributed by atoms with Crippen LogP contribution in [0.3, 0.4) is 0 Å². The van der Waals surface area contributed by atoms with E-state index in [1.165, 1.54) is 30.4 Å². The zero-order chi connectivity index (χ0) is 13.0. The summed E-state index contributed by atoms with van der Waals surface area (Å²) in [6.07, 6.45) is 4.41. The number of carbonyl (C=O) groups is 1. The molecule has 6 nitrogen and oxygen atoms in total. The lowest BCUT2D eigenvalue weighted by Crippen LogP contribution is -2.08. The van der Waals surface area contributed by atoms with Crippen molar-refractivity contribution in [2.45, 2.75) is 17.2 Å². The summed E-state index contributed by atoms with van der Waals surface area (Å²) >= 11 is 1.20. The lowest BCUT2D eigenvalue weighted by Gasteiger charge is -2.06. The summed E-state index contributed by atoms with van der Waals surface area (Å²) in [5.41, 5.74) is 6.26. The van der Waals surface area contributed by atoms with E-state index < -0.39 is 5.97 Å². The van der Waals surface area contributed by atoms with E-state index in [2.05, 4.69) is 9.97 Å². The first-order valence-corrected chi connectivity index (χ1v) is 6.02. The van der Waals surface area contributed by atoms with Crippen LogP contribution in [0.25, 0.3) is 0 Å². The Kier molecular flexibility index (Phi) is 3.83. The van der Waals surface area contributed by atoms with Crippen LogP contribution in [0.5, 0.6) is 0 Å². The monoisotopic (exact) mass is 265 g/mol. The molecule has 94 valence electrons. The molecule has 0 atom stereocenters. The van der Waals surface area contributed by atoms with Crippen molar-refractivity contribution in [1.82, 2.24) is 9.97 Å². The minimum Gasteiger partial charge on any atom is -0.462 e. The van der Waals surface area contributed by atoms with Gasteiger partial charge in [-0.05, 0) is 24.8 Å². The predicted octanol–water partition coefficient (Wildman–Crippen LogP) is 1.98. The van der Waals surface area contributed by atoms with Crippen molar-refractivity contribution >= 4 is 23.4 Å². The van der Waals surface area contributed by atoms with Gasteiger partial charge in [-0.1, -0.05) is 0 Å². The Balaban J connectivity index is 2.23. The van der Waals surface area contributed by atoms with Gasteiger partial charge in [-0.25, -0.2) is 14.8 Å². The molecular formula is C11H11N3O3S. The fourth-order valence-corrected chi connectivity index (χ4v) is 1.92. The van der Waals surface area contributed by atoms with Crippen LogP contribution in [0.2, 0.25) is 0 Å². The van der Waals surface area contributed by atoms with Crippen molar-refractivity contribution in [2.24, 2.45) is 0 Å². The van der Waals surface area contributed by atoms with E-state index in [-0.39, 0.29) is 5.69 Å². The summed E-state index contributed by atoms with van der Waals surface area (Å²) in [6.45, 7) is 2.03. The third-order valence-electron chi connectivity index (χ3n) is 2.01. The van der Waals surface area contributed by atoms with Crippen LogP contribution in [0.1, 0.15) is 17.3 Å². The maximum atomic E-state index is 11.6. The van der Waals surface area contributed by atoms with Crippen molar-refractivity contribution in [3.8, 4) is 0 Å². The summed E-state index contributed by atoms with van der Waals surface area (Å²) < 4.78 is 9.98. The number of nitrogens with zero attached hydrogens (tertiary/aromatic N) is 2. The lowest BCUT2D eigenvalue weighted by atomic mass is 10.2. The molecule has 0 amide bonds. The molecule has 0 spiro atoms. The number of pyridine rings is 1. The SMILES string of the molecule is CCOC(=O)c1cc(Sc2ncco2)ncc1N. The Morgan fingerprint density at radius 2 is 2.39 bits per heavy atom. The van der Waals surface area contributed by atoms with Gasteiger partial charge in [0, 0.05) is 0 Å². The molecular weight excluding hydrogens is 254 g/mol. The van der Waals surface area contributed by atoms with Crippen LogP contribution >= 0.6 is 11.8 Å². The number of ether oxygens (including phenoxy) is 1. The highest BCUT2D eigenvalue weighted by Gasteiger charge is 2.13. The summed E-state index contributed by atoms with van der Waals surface area (Å²) in [5.74, 6) is -0.466. The minimum absolute atomic E-state index is 0.283. The second kappa shape index (κ2) is 5.54. The van der Waals surface area contributed by atoms with Crippen LogP contribution in [-0.2, 0) is 4.74 Å². The number of anilines is 1. The van der Waals surface area contributed by atoms with Gasteiger partial charge in [-0.15, -0.1) is 0 Å². The van der Waals surface area contributed by atoms with Gasteiger partial charge in [0.2, 0.25) is 0 Å². The molecule has 0 aliphatic rings. The maximum Gasteiger partial charge on any atom is 0.340 e. The summed E-state index contributed by atoms with van der Waals surface area (Å²) in [5, 5.41) is 1.01. The predicted molar refractivity (Wildman–Crippen MR) is 65.2 cm³/mol. The topological polar surface area (TPSA) is 91.2 Å². The molecule has 0 radical (unpaired) electrons. The standard InChI is InChI=1S/C11H11N3O3S/c1-2-16-10(15)7-5-9(14-6-8(7)12)18-11-13-3-4-17-11/h3-6H,2,12H2,1H3. The lowest BCUT2D eigenvalue weighted by molar-refractivity contribution is 0.0527. The van der Waals surface area contributed by atoms with E-state index in [0.29, 0.717) is 22.4 Å². The number of hydrogen-bond acceptors (Lipinski definition) is 7. The van der Waals surface area contributed by atoms with Gasteiger partial charge in [0.15, 0.2) is 0 Å². The quantitative estimate of drug-likeness (QED) is 0.845. The highest BCUT2D eigenvalue weighted by Crippen LogP contribution is 2.26. The van der Waals surface area contributed by atoms with Crippen LogP contribution in [-0.4, -0.2) is 22.5 Å². The molecule has 7 heteroatoms. The Morgan fingerprint density at radius 3 is 3.06 bits per heavy atom. The van der Waals surface area contributed by atoms with Gasteiger partial charge in [-0.2, -0.15) is 0 Å². The van der Waals surface area contributed by atoms with Gasteiger partial charge in [-0.3, -0.25) is 0 Å². The first-order chi connectivity index (χ1) is 8.70. The number of nitrogens with two attached hydrogens (primary N) is 1. The van der Waals surface area contributed by atoms with Gasteiger partial charge >= 0.3 is 5.97 Å². The van der Waals surface area contributed by atoms with Crippen molar-refractivity contribution in [3.05, 3.63) is 30.3 Å². The Labute approximate surface area is 108 Å². The summed E-state index contributed by atoms with van der Waals surface area (Å²) in [6, 6.07) is 1.56. The van der Waals surface area contributed by atoms with Gasteiger partial charge in [0.05, 0.1) is 30.3 Å². The first-order valence-electron chi connectivity index (χ1n) is 5.20. The highest BCUT2D eigenvalue weighted by molar-refractivity contribution is 7.99. The third kappa shape index (κ3) is 2.80. The molecule has 2 rings (SSSR count). The molecule has 0 aromatic carbocycles. The van der Waals surface area contributed by atoms with E-state index >= 15 is 0 Å². The molecule has 0 saturated carbocycles. The van der Waals surface area contributed by atoms with Crippen LogP contribution in [0.15, 0.2) is 39.4 Å². The largest absolute Gasteiger partial charge is 0.462 e. The number of rotatable bonds is 4. The Hall–Kier alpha value is -2.02. The van der Waals surface area contributed by atoms with E-state index in [4.69, 9.17) is 14.9 Å². The number of carbonyl (C=O) groups excluding carboxylic acids is 1. The molecule has 18 heavy (non-hydrogen) atoms. The highest BCUT2D eigenvalue weighted by atomic mass is 32.2. The summed E-state index contributed by atoms with van der Waals surface area (Å²) in [7, 11) is 0. The third-order valence-corrected chi connectivity index (χ3v) is 2.82. The van der Waals surface area contributed by atoms with E-state index in [1.807, 2.05) is 0 Å². The van der Waals surface area contributed by atoms with Crippen molar-refractivity contribution in [2.75, 3.05) is 12.3 Å². The van der Waals surface area contributed by atoms with Crippen molar-refractivity contribution in [3.63, 3.8) is 0 Å². The Bertz CT molecular complexity index is 542.